The van der Waals surface area contributed by atoms with E-state index in [1.165, 1.54) is 12.1 Å². The van der Waals surface area contributed by atoms with Gasteiger partial charge in [0.05, 0.1) is 16.6 Å². The first kappa shape index (κ1) is 14.9. The van der Waals surface area contributed by atoms with Crippen LogP contribution in [0.15, 0.2) is 34.8 Å². The van der Waals surface area contributed by atoms with Gasteiger partial charge in [-0.2, -0.15) is 0 Å². The van der Waals surface area contributed by atoms with Crippen molar-refractivity contribution in [2.75, 3.05) is 0 Å². The van der Waals surface area contributed by atoms with Crippen LogP contribution in [0.25, 0.3) is 0 Å². The average Bonchev–Trinajstić information content (AvgIpc) is 2.42. The molecule has 2 aromatic carbocycles. The lowest BCUT2D eigenvalue weighted by Crippen LogP contribution is -2.03. The van der Waals surface area contributed by atoms with Gasteiger partial charge in [0.15, 0.2) is 0 Å². The number of aliphatic hydroxyl groups is 1. The minimum absolute atomic E-state index is 0.0906. The van der Waals surface area contributed by atoms with E-state index < -0.39 is 17.5 Å². The minimum Gasteiger partial charge on any atom is -0.489 e. The van der Waals surface area contributed by atoms with Gasteiger partial charge in [-0.25, -0.2) is 13.2 Å². The third kappa shape index (κ3) is 3.32. The quantitative estimate of drug-likeness (QED) is 0.849. The SMILES string of the molecule is OCc1cc(F)cc(OCc2c(F)ccc(Br)c2F)c1. The highest BCUT2D eigenvalue weighted by Crippen LogP contribution is 2.24. The van der Waals surface area contributed by atoms with Gasteiger partial charge in [0.25, 0.3) is 0 Å². The third-order valence-electron chi connectivity index (χ3n) is 2.64. The molecule has 0 saturated heterocycles. The van der Waals surface area contributed by atoms with Crippen molar-refractivity contribution in [2.24, 2.45) is 0 Å². The summed E-state index contributed by atoms with van der Waals surface area (Å²) in [5.74, 6) is -2.01. The number of ether oxygens (including phenoxy) is 1. The van der Waals surface area contributed by atoms with Crippen LogP contribution in [0.3, 0.4) is 0 Å². The molecule has 106 valence electrons. The van der Waals surface area contributed by atoms with E-state index in [1.54, 1.807) is 0 Å². The second kappa shape index (κ2) is 6.28. The molecule has 0 atom stereocenters. The largest absolute Gasteiger partial charge is 0.489 e. The van der Waals surface area contributed by atoms with E-state index in [1.807, 2.05) is 0 Å². The van der Waals surface area contributed by atoms with Gasteiger partial charge >= 0.3 is 0 Å². The first-order valence-corrected chi connectivity index (χ1v) is 6.46. The molecule has 0 aliphatic heterocycles. The topological polar surface area (TPSA) is 29.5 Å². The van der Waals surface area contributed by atoms with E-state index in [0.29, 0.717) is 5.56 Å². The van der Waals surface area contributed by atoms with E-state index in [2.05, 4.69) is 15.9 Å². The summed E-state index contributed by atoms with van der Waals surface area (Å²) < 4.78 is 45.7. The standard InChI is InChI=1S/C14H10BrF3O2/c15-12-1-2-13(17)11(14(12)18)7-20-10-4-8(6-19)3-9(16)5-10/h1-5,19H,6-7H2. The molecule has 0 amide bonds. The lowest BCUT2D eigenvalue weighted by atomic mass is 10.2. The van der Waals surface area contributed by atoms with Crippen LogP contribution in [0.4, 0.5) is 13.2 Å². The Hall–Kier alpha value is -1.53. The number of hydrogen-bond donors (Lipinski definition) is 1. The number of halogens is 4. The van der Waals surface area contributed by atoms with Crippen LogP contribution in [0.5, 0.6) is 5.75 Å². The Balaban J connectivity index is 2.21. The van der Waals surface area contributed by atoms with E-state index >= 15 is 0 Å². The zero-order valence-electron chi connectivity index (χ0n) is 10.2. The van der Waals surface area contributed by atoms with Crippen LogP contribution in [0.1, 0.15) is 11.1 Å². The van der Waals surface area contributed by atoms with Gasteiger partial charge in [0, 0.05) is 6.07 Å². The molecule has 2 rings (SSSR count). The number of benzene rings is 2. The van der Waals surface area contributed by atoms with Gasteiger partial charge in [-0.1, -0.05) is 0 Å². The summed E-state index contributed by atoms with van der Waals surface area (Å²) in [5, 5.41) is 8.95. The van der Waals surface area contributed by atoms with Crippen molar-refractivity contribution in [1.29, 1.82) is 0 Å². The second-order valence-electron chi connectivity index (χ2n) is 4.06. The molecular formula is C14H10BrF3O2. The molecule has 0 unspecified atom stereocenters. The zero-order valence-corrected chi connectivity index (χ0v) is 11.8. The maximum absolute atomic E-state index is 13.7. The summed E-state index contributed by atoms with van der Waals surface area (Å²) in [6.45, 7) is -0.737. The summed E-state index contributed by atoms with van der Waals surface area (Å²) in [5.41, 5.74) is 0.0596. The summed E-state index contributed by atoms with van der Waals surface area (Å²) >= 11 is 2.95. The molecule has 2 nitrogen and oxygen atoms in total. The summed E-state index contributed by atoms with van der Waals surface area (Å²) in [6.07, 6.45) is 0. The molecule has 0 aromatic heterocycles. The van der Waals surface area contributed by atoms with E-state index in [0.717, 1.165) is 18.2 Å². The first-order chi connectivity index (χ1) is 9.51. The first-order valence-electron chi connectivity index (χ1n) is 5.66. The highest BCUT2D eigenvalue weighted by Gasteiger charge is 2.13. The molecule has 0 saturated carbocycles. The van der Waals surface area contributed by atoms with Crippen LogP contribution in [-0.4, -0.2) is 5.11 Å². The number of aliphatic hydroxyl groups excluding tert-OH is 1. The minimum atomic E-state index is -0.760. The Bertz CT molecular complexity index is 632. The number of rotatable bonds is 4. The molecule has 0 heterocycles. The molecule has 0 aliphatic rings. The molecule has 0 radical (unpaired) electrons. The van der Waals surface area contributed by atoms with E-state index in [9.17, 15) is 13.2 Å². The zero-order chi connectivity index (χ0) is 14.7. The highest BCUT2D eigenvalue weighted by atomic mass is 79.9. The van der Waals surface area contributed by atoms with Crippen LogP contribution in [-0.2, 0) is 13.2 Å². The van der Waals surface area contributed by atoms with Crippen LogP contribution >= 0.6 is 15.9 Å². The fourth-order valence-electron chi connectivity index (χ4n) is 1.65. The lowest BCUT2D eigenvalue weighted by Gasteiger charge is -2.10. The molecule has 0 spiro atoms. The molecule has 0 aliphatic carbocycles. The number of hydrogen-bond acceptors (Lipinski definition) is 2. The fraction of sp³-hybridized carbons (Fsp3) is 0.143. The van der Waals surface area contributed by atoms with Crippen molar-refractivity contribution in [3.63, 3.8) is 0 Å². The fourth-order valence-corrected chi connectivity index (χ4v) is 2.02. The Morgan fingerprint density at radius 2 is 1.85 bits per heavy atom. The Morgan fingerprint density at radius 1 is 1.10 bits per heavy atom. The molecule has 2 aromatic rings. The normalized spacial score (nSPS) is 10.7. The van der Waals surface area contributed by atoms with E-state index in [-0.39, 0.29) is 29.0 Å². The summed E-state index contributed by atoms with van der Waals surface area (Å²) in [7, 11) is 0. The molecule has 1 N–H and O–H groups in total. The Morgan fingerprint density at radius 3 is 2.55 bits per heavy atom. The van der Waals surface area contributed by atoms with Gasteiger partial charge in [0.2, 0.25) is 0 Å². The van der Waals surface area contributed by atoms with Gasteiger partial charge < -0.3 is 9.84 Å². The van der Waals surface area contributed by atoms with Crippen molar-refractivity contribution in [1.82, 2.24) is 0 Å². The summed E-state index contributed by atoms with van der Waals surface area (Å²) in [6, 6.07) is 5.98. The van der Waals surface area contributed by atoms with E-state index in [4.69, 9.17) is 9.84 Å². The predicted molar refractivity (Wildman–Crippen MR) is 70.7 cm³/mol. The lowest BCUT2D eigenvalue weighted by molar-refractivity contribution is 0.274. The van der Waals surface area contributed by atoms with Crippen molar-refractivity contribution in [2.45, 2.75) is 13.2 Å². The van der Waals surface area contributed by atoms with Gasteiger partial charge in [-0.05, 0) is 45.8 Å². The molecule has 20 heavy (non-hydrogen) atoms. The van der Waals surface area contributed by atoms with Crippen molar-refractivity contribution in [3.05, 3.63) is 63.4 Å². The predicted octanol–water partition coefficient (Wildman–Crippen LogP) is 3.94. The third-order valence-corrected chi connectivity index (χ3v) is 3.25. The maximum atomic E-state index is 13.7. The van der Waals surface area contributed by atoms with Crippen molar-refractivity contribution >= 4 is 15.9 Å². The van der Waals surface area contributed by atoms with Gasteiger partial charge in [-0.3, -0.25) is 0 Å². The van der Waals surface area contributed by atoms with Crippen LogP contribution < -0.4 is 4.74 Å². The molecule has 6 heteroatoms. The monoisotopic (exact) mass is 346 g/mol. The maximum Gasteiger partial charge on any atom is 0.146 e. The second-order valence-corrected chi connectivity index (χ2v) is 4.92. The molecular weight excluding hydrogens is 337 g/mol. The Labute approximate surface area is 121 Å². The van der Waals surface area contributed by atoms with Crippen molar-refractivity contribution < 1.29 is 23.0 Å². The van der Waals surface area contributed by atoms with Crippen LogP contribution in [0, 0.1) is 17.5 Å². The van der Waals surface area contributed by atoms with Crippen LogP contribution in [0.2, 0.25) is 0 Å². The Kier molecular flexibility index (Phi) is 4.67. The van der Waals surface area contributed by atoms with Gasteiger partial charge in [0.1, 0.15) is 29.8 Å². The van der Waals surface area contributed by atoms with Crippen molar-refractivity contribution in [3.8, 4) is 5.75 Å². The smallest absolute Gasteiger partial charge is 0.146 e. The average molecular weight is 347 g/mol. The highest BCUT2D eigenvalue weighted by molar-refractivity contribution is 9.10. The molecule has 0 bridgehead atoms. The van der Waals surface area contributed by atoms with Gasteiger partial charge in [-0.15, -0.1) is 0 Å². The summed E-state index contributed by atoms with van der Waals surface area (Å²) in [4.78, 5) is 0. The molecule has 0 fully saturated rings.